The maximum atomic E-state index is 11.9. The zero-order valence-corrected chi connectivity index (χ0v) is 9.78. The number of hydrogen-bond acceptors (Lipinski definition) is 3. The first-order chi connectivity index (χ1) is 8.70. The minimum atomic E-state index is -0.612. The van der Waals surface area contributed by atoms with Gasteiger partial charge in [0.15, 0.2) is 0 Å². The van der Waals surface area contributed by atoms with Gasteiger partial charge in [-0.05, 0) is 23.8 Å². The van der Waals surface area contributed by atoms with Crippen molar-refractivity contribution in [2.45, 2.75) is 12.6 Å². The molecule has 0 fully saturated rings. The summed E-state index contributed by atoms with van der Waals surface area (Å²) in [4.78, 5) is 13.5. The highest BCUT2D eigenvalue weighted by Gasteiger charge is 2.18. The number of nitriles is 1. The van der Waals surface area contributed by atoms with Gasteiger partial charge in [-0.2, -0.15) is 5.26 Å². The summed E-state index contributed by atoms with van der Waals surface area (Å²) in [5.74, 6) is -0.151. The molecule has 0 saturated heterocycles. The van der Waals surface area contributed by atoms with Gasteiger partial charge in [-0.1, -0.05) is 24.3 Å². The highest BCUT2D eigenvalue weighted by molar-refractivity contribution is 5.85. The summed E-state index contributed by atoms with van der Waals surface area (Å²) < 4.78 is 0. The van der Waals surface area contributed by atoms with E-state index < -0.39 is 6.04 Å². The Morgan fingerprint density at radius 3 is 3.00 bits per heavy atom. The summed E-state index contributed by atoms with van der Waals surface area (Å²) in [5.41, 5.74) is 7.20. The Labute approximate surface area is 106 Å². The number of carbonyl (C=O) groups excluding carboxylic acids is 1. The van der Waals surface area contributed by atoms with Crippen LogP contribution in [0.1, 0.15) is 11.1 Å². The standard InChI is InChI=1S/C14H13N3O/c15-9-11-4-3-5-12(8-11)10-17-7-2-1-6-13(16)14(17)18/h1-8,13H,10,16H2/t13-/m0/s1. The maximum Gasteiger partial charge on any atom is 0.247 e. The van der Waals surface area contributed by atoms with Crippen molar-refractivity contribution < 1.29 is 4.79 Å². The fraction of sp³-hybridized carbons (Fsp3) is 0.143. The van der Waals surface area contributed by atoms with Crippen molar-refractivity contribution in [3.8, 4) is 6.07 Å². The van der Waals surface area contributed by atoms with E-state index in [0.717, 1.165) is 5.56 Å². The van der Waals surface area contributed by atoms with Gasteiger partial charge in [0.2, 0.25) is 5.91 Å². The van der Waals surface area contributed by atoms with Crippen molar-refractivity contribution in [2.24, 2.45) is 5.73 Å². The molecule has 0 aliphatic carbocycles. The third-order valence-electron chi connectivity index (χ3n) is 2.67. The van der Waals surface area contributed by atoms with Gasteiger partial charge in [-0.25, -0.2) is 0 Å². The number of nitrogens with two attached hydrogens (primary N) is 1. The van der Waals surface area contributed by atoms with E-state index in [9.17, 15) is 4.79 Å². The van der Waals surface area contributed by atoms with Crippen molar-refractivity contribution in [2.75, 3.05) is 0 Å². The normalized spacial score (nSPS) is 18.6. The largest absolute Gasteiger partial charge is 0.317 e. The predicted octanol–water partition coefficient (Wildman–Crippen LogP) is 1.30. The molecule has 18 heavy (non-hydrogen) atoms. The van der Waals surface area contributed by atoms with Crippen LogP contribution in [0, 0.1) is 11.3 Å². The zero-order chi connectivity index (χ0) is 13.0. The number of carbonyl (C=O) groups is 1. The molecule has 90 valence electrons. The van der Waals surface area contributed by atoms with Crippen LogP contribution < -0.4 is 5.73 Å². The van der Waals surface area contributed by atoms with Gasteiger partial charge in [0.25, 0.3) is 0 Å². The first kappa shape index (κ1) is 12.1. The number of amides is 1. The Kier molecular flexibility index (Phi) is 3.56. The predicted molar refractivity (Wildman–Crippen MR) is 68.0 cm³/mol. The van der Waals surface area contributed by atoms with Crippen LogP contribution in [0.2, 0.25) is 0 Å². The molecule has 0 unspecified atom stereocenters. The minimum Gasteiger partial charge on any atom is -0.317 e. The maximum absolute atomic E-state index is 11.9. The molecule has 2 N–H and O–H groups in total. The minimum absolute atomic E-state index is 0.151. The first-order valence-corrected chi connectivity index (χ1v) is 5.61. The van der Waals surface area contributed by atoms with E-state index >= 15 is 0 Å². The van der Waals surface area contributed by atoms with Crippen LogP contribution in [0.3, 0.4) is 0 Å². The topological polar surface area (TPSA) is 70.1 Å². The highest BCUT2D eigenvalue weighted by atomic mass is 16.2. The lowest BCUT2D eigenvalue weighted by molar-refractivity contribution is -0.129. The van der Waals surface area contributed by atoms with Gasteiger partial charge in [-0.3, -0.25) is 4.79 Å². The molecular formula is C14H13N3O. The third-order valence-corrected chi connectivity index (χ3v) is 2.67. The van der Waals surface area contributed by atoms with Crippen LogP contribution in [-0.2, 0) is 11.3 Å². The van der Waals surface area contributed by atoms with Gasteiger partial charge in [0, 0.05) is 6.20 Å². The molecule has 1 aliphatic heterocycles. The van der Waals surface area contributed by atoms with Crippen molar-refractivity contribution in [3.05, 3.63) is 59.8 Å². The second-order valence-electron chi connectivity index (χ2n) is 4.03. The van der Waals surface area contributed by atoms with Gasteiger partial charge >= 0.3 is 0 Å². The quantitative estimate of drug-likeness (QED) is 0.845. The average Bonchev–Trinajstić information content (AvgIpc) is 2.55. The molecule has 4 heteroatoms. The van der Waals surface area contributed by atoms with Gasteiger partial charge in [-0.15, -0.1) is 0 Å². The van der Waals surface area contributed by atoms with Crippen LogP contribution >= 0.6 is 0 Å². The van der Waals surface area contributed by atoms with Crippen molar-refractivity contribution in [1.82, 2.24) is 4.90 Å². The van der Waals surface area contributed by atoms with E-state index in [2.05, 4.69) is 6.07 Å². The molecule has 0 radical (unpaired) electrons. The summed E-state index contributed by atoms with van der Waals surface area (Å²) in [5, 5.41) is 8.83. The summed E-state index contributed by atoms with van der Waals surface area (Å²) in [6.45, 7) is 0.417. The summed E-state index contributed by atoms with van der Waals surface area (Å²) in [6, 6.07) is 8.65. The Bertz CT molecular complexity index is 554. The fourth-order valence-corrected chi connectivity index (χ4v) is 1.75. The third kappa shape index (κ3) is 2.65. The molecule has 0 spiro atoms. The van der Waals surface area contributed by atoms with E-state index in [0.29, 0.717) is 12.1 Å². The molecule has 0 bridgehead atoms. The van der Waals surface area contributed by atoms with Crippen molar-refractivity contribution >= 4 is 5.91 Å². The summed E-state index contributed by atoms with van der Waals surface area (Å²) in [7, 11) is 0. The highest BCUT2D eigenvalue weighted by Crippen LogP contribution is 2.11. The molecule has 0 saturated carbocycles. The Balaban J connectivity index is 2.18. The number of nitrogens with zero attached hydrogens (tertiary/aromatic N) is 2. The lowest BCUT2D eigenvalue weighted by atomic mass is 10.1. The lowest BCUT2D eigenvalue weighted by Crippen LogP contribution is -2.38. The van der Waals surface area contributed by atoms with Gasteiger partial charge in [0.1, 0.15) is 6.04 Å². The molecule has 4 nitrogen and oxygen atoms in total. The monoisotopic (exact) mass is 239 g/mol. The van der Waals surface area contributed by atoms with E-state index in [4.69, 9.17) is 11.0 Å². The van der Waals surface area contributed by atoms with E-state index in [-0.39, 0.29) is 5.91 Å². The fourth-order valence-electron chi connectivity index (χ4n) is 1.75. The second-order valence-corrected chi connectivity index (χ2v) is 4.03. The van der Waals surface area contributed by atoms with Crippen LogP contribution in [0.15, 0.2) is 48.7 Å². The first-order valence-electron chi connectivity index (χ1n) is 5.61. The Hall–Kier alpha value is -2.38. The summed E-state index contributed by atoms with van der Waals surface area (Å²) in [6.07, 6.45) is 6.89. The molecule has 2 rings (SSSR count). The molecule has 1 aromatic rings. The molecule has 1 aromatic carbocycles. The van der Waals surface area contributed by atoms with Crippen molar-refractivity contribution in [1.29, 1.82) is 5.26 Å². The summed E-state index contributed by atoms with van der Waals surface area (Å²) >= 11 is 0. The van der Waals surface area contributed by atoms with Gasteiger partial charge < -0.3 is 10.6 Å². The SMILES string of the molecule is N#Cc1cccc(CN2C=CC=C[C@H](N)C2=O)c1. The molecule has 1 aliphatic rings. The van der Waals surface area contributed by atoms with Crippen LogP contribution in [0.5, 0.6) is 0 Å². The molecular weight excluding hydrogens is 226 g/mol. The average molecular weight is 239 g/mol. The molecule has 1 atom stereocenters. The smallest absolute Gasteiger partial charge is 0.247 e. The number of hydrogen-bond donors (Lipinski definition) is 1. The zero-order valence-electron chi connectivity index (χ0n) is 9.78. The van der Waals surface area contributed by atoms with Gasteiger partial charge in [0.05, 0.1) is 18.2 Å². The van der Waals surface area contributed by atoms with E-state index in [1.54, 1.807) is 47.5 Å². The van der Waals surface area contributed by atoms with E-state index in [1.165, 1.54) is 0 Å². The van der Waals surface area contributed by atoms with Crippen LogP contribution in [-0.4, -0.2) is 16.8 Å². The van der Waals surface area contributed by atoms with Crippen molar-refractivity contribution in [3.63, 3.8) is 0 Å². The number of benzene rings is 1. The molecule has 1 heterocycles. The van der Waals surface area contributed by atoms with Crippen LogP contribution in [0.25, 0.3) is 0 Å². The number of rotatable bonds is 2. The molecule has 1 amide bonds. The number of allylic oxidation sites excluding steroid dienone is 2. The van der Waals surface area contributed by atoms with E-state index in [1.807, 2.05) is 6.07 Å². The van der Waals surface area contributed by atoms with Crippen LogP contribution in [0.4, 0.5) is 0 Å². The molecule has 0 aromatic heterocycles. The second kappa shape index (κ2) is 5.30. The lowest BCUT2D eigenvalue weighted by Gasteiger charge is -2.19. The Morgan fingerprint density at radius 2 is 2.22 bits per heavy atom. The Morgan fingerprint density at radius 1 is 1.39 bits per heavy atom.